The number of aromatic carboxylic acids is 1. The van der Waals surface area contributed by atoms with Gasteiger partial charge in [0.05, 0.1) is 5.69 Å². The zero-order chi connectivity index (χ0) is 16.3. The Balaban J connectivity index is 2.38. The molecule has 0 aliphatic carbocycles. The van der Waals surface area contributed by atoms with Gasteiger partial charge < -0.3 is 9.84 Å². The van der Waals surface area contributed by atoms with Crippen LogP contribution in [0.3, 0.4) is 0 Å². The molecule has 22 heavy (non-hydrogen) atoms. The van der Waals surface area contributed by atoms with E-state index in [1.807, 2.05) is 30.3 Å². The highest BCUT2D eigenvalue weighted by atomic mass is 32.1. The number of amides is 1. The van der Waals surface area contributed by atoms with Crippen LogP contribution in [0.25, 0.3) is 11.1 Å². The molecule has 2 N–H and O–H groups in total. The summed E-state index contributed by atoms with van der Waals surface area (Å²) in [7, 11) is 0. The molecule has 1 amide bonds. The smallest absolute Gasteiger partial charge is 0.412 e. The Hall–Kier alpha value is -2.34. The number of hydrogen-bond acceptors (Lipinski definition) is 4. The standard InChI is InChI=1S/C16H17NO4S/c1-16(2,3)21-15(20)17-12-11(9-22-13(12)14(18)19)10-7-5-4-6-8-10/h4-9H,1-3H3,(H,17,20)(H,18,19). The van der Waals surface area contributed by atoms with Crippen LogP contribution in [0, 0.1) is 0 Å². The van der Waals surface area contributed by atoms with Crippen LogP contribution in [0.4, 0.5) is 10.5 Å². The Labute approximate surface area is 132 Å². The SMILES string of the molecule is CC(C)(C)OC(=O)Nc1c(-c2ccccc2)csc1C(=O)O. The molecule has 2 aromatic rings. The fourth-order valence-corrected chi connectivity index (χ4v) is 2.74. The average Bonchev–Trinajstić information content (AvgIpc) is 2.81. The van der Waals surface area contributed by atoms with Gasteiger partial charge in [-0.1, -0.05) is 30.3 Å². The molecule has 0 unspecified atom stereocenters. The van der Waals surface area contributed by atoms with Gasteiger partial charge in [0.25, 0.3) is 0 Å². The number of carboxylic acid groups (broad SMARTS) is 1. The molecule has 0 bridgehead atoms. The number of carboxylic acids is 1. The van der Waals surface area contributed by atoms with E-state index in [1.165, 1.54) is 0 Å². The summed E-state index contributed by atoms with van der Waals surface area (Å²) < 4.78 is 5.20. The molecule has 0 saturated carbocycles. The molecule has 5 nitrogen and oxygen atoms in total. The number of ether oxygens (including phenoxy) is 1. The Morgan fingerprint density at radius 1 is 1.18 bits per heavy atom. The lowest BCUT2D eigenvalue weighted by molar-refractivity contribution is 0.0636. The molecule has 1 aromatic heterocycles. The molecule has 0 aliphatic heterocycles. The number of carbonyl (C=O) groups is 2. The van der Waals surface area contributed by atoms with Crippen LogP contribution in [0.1, 0.15) is 30.4 Å². The molecule has 1 heterocycles. The summed E-state index contributed by atoms with van der Waals surface area (Å²) in [6, 6.07) is 9.28. The maximum atomic E-state index is 12.0. The minimum absolute atomic E-state index is 0.0738. The van der Waals surface area contributed by atoms with Gasteiger partial charge in [0, 0.05) is 10.9 Å². The molecule has 0 spiro atoms. The lowest BCUT2D eigenvalue weighted by atomic mass is 10.1. The van der Waals surface area contributed by atoms with Gasteiger partial charge in [-0.2, -0.15) is 0 Å². The van der Waals surface area contributed by atoms with Gasteiger partial charge >= 0.3 is 12.1 Å². The van der Waals surface area contributed by atoms with Crippen molar-refractivity contribution in [3.05, 3.63) is 40.6 Å². The summed E-state index contributed by atoms with van der Waals surface area (Å²) in [5, 5.41) is 13.6. The van der Waals surface area contributed by atoms with Crippen molar-refractivity contribution in [2.24, 2.45) is 0 Å². The highest BCUT2D eigenvalue weighted by Crippen LogP contribution is 2.36. The Kier molecular flexibility index (Phi) is 4.51. The van der Waals surface area contributed by atoms with Crippen LogP contribution in [-0.4, -0.2) is 22.8 Å². The topological polar surface area (TPSA) is 75.6 Å². The summed E-state index contributed by atoms with van der Waals surface area (Å²) in [5.41, 5.74) is 1.10. The van der Waals surface area contributed by atoms with E-state index in [2.05, 4.69) is 5.32 Å². The second-order valence-electron chi connectivity index (χ2n) is 5.65. The minimum Gasteiger partial charge on any atom is -0.477 e. The number of nitrogens with one attached hydrogen (secondary N) is 1. The molecule has 0 fully saturated rings. The normalized spacial score (nSPS) is 11.0. The second-order valence-corrected chi connectivity index (χ2v) is 6.53. The molecule has 6 heteroatoms. The number of rotatable bonds is 3. The molecule has 116 valence electrons. The van der Waals surface area contributed by atoms with Gasteiger partial charge in [-0.25, -0.2) is 9.59 Å². The van der Waals surface area contributed by atoms with E-state index in [0.717, 1.165) is 16.9 Å². The summed E-state index contributed by atoms with van der Waals surface area (Å²) in [4.78, 5) is 23.4. The third-order valence-corrected chi connectivity index (χ3v) is 3.66. The molecular formula is C16H17NO4S. The molecule has 0 saturated heterocycles. The molecule has 0 atom stereocenters. The minimum atomic E-state index is -1.08. The molecule has 2 rings (SSSR count). The number of hydrogen-bond donors (Lipinski definition) is 2. The number of anilines is 1. The maximum absolute atomic E-state index is 12.0. The molecule has 0 radical (unpaired) electrons. The fraction of sp³-hybridized carbons (Fsp3) is 0.250. The molecule has 0 aliphatic rings. The largest absolute Gasteiger partial charge is 0.477 e. The first-order valence-electron chi connectivity index (χ1n) is 6.68. The van der Waals surface area contributed by atoms with Crippen LogP contribution < -0.4 is 5.32 Å². The summed E-state index contributed by atoms with van der Waals surface area (Å²) >= 11 is 1.07. The lowest BCUT2D eigenvalue weighted by Gasteiger charge is -2.20. The number of thiophene rings is 1. The van der Waals surface area contributed by atoms with Gasteiger partial charge in [0.15, 0.2) is 0 Å². The van der Waals surface area contributed by atoms with Crippen molar-refractivity contribution in [2.75, 3.05) is 5.32 Å². The van der Waals surface area contributed by atoms with Crippen molar-refractivity contribution in [3.8, 4) is 11.1 Å². The van der Waals surface area contributed by atoms with Crippen LogP contribution in [0.15, 0.2) is 35.7 Å². The Bertz CT molecular complexity index is 686. The molecule has 1 aromatic carbocycles. The first-order valence-corrected chi connectivity index (χ1v) is 7.56. The van der Waals surface area contributed by atoms with E-state index in [9.17, 15) is 14.7 Å². The van der Waals surface area contributed by atoms with Gasteiger partial charge in [-0.05, 0) is 26.3 Å². The highest BCUT2D eigenvalue weighted by Gasteiger charge is 2.23. The van der Waals surface area contributed by atoms with Gasteiger partial charge in [-0.3, -0.25) is 5.32 Å². The van der Waals surface area contributed by atoms with E-state index < -0.39 is 17.7 Å². The van der Waals surface area contributed by atoms with Crippen molar-refractivity contribution >= 4 is 29.1 Å². The van der Waals surface area contributed by atoms with E-state index in [1.54, 1.807) is 26.2 Å². The van der Waals surface area contributed by atoms with Crippen LogP contribution in [0.5, 0.6) is 0 Å². The average molecular weight is 319 g/mol. The molecular weight excluding hydrogens is 302 g/mol. The van der Waals surface area contributed by atoms with Crippen LogP contribution >= 0.6 is 11.3 Å². The second kappa shape index (κ2) is 6.19. The van der Waals surface area contributed by atoms with Crippen LogP contribution in [-0.2, 0) is 4.74 Å². The van der Waals surface area contributed by atoms with Crippen molar-refractivity contribution in [1.29, 1.82) is 0 Å². The lowest BCUT2D eigenvalue weighted by Crippen LogP contribution is -2.27. The maximum Gasteiger partial charge on any atom is 0.412 e. The van der Waals surface area contributed by atoms with Crippen molar-refractivity contribution in [1.82, 2.24) is 0 Å². The number of benzene rings is 1. The van der Waals surface area contributed by atoms with Gasteiger partial charge in [0.1, 0.15) is 10.5 Å². The zero-order valence-electron chi connectivity index (χ0n) is 12.5. The third kappa shape index (κ3) is 3.85. The van der Waals surface area contributed by atoms with Crippen molar-refractivity contribution < 1.29 is 19.4 Å². The first-order chi connectivity index (χ1) is 10.3. The first kappa shape index (κ1) is 16.0. The summed E-state index contributed by atoms with van der Waals surface area (Å²) in [6.45, 7) is 5.24. The van der Waals surface area contributed by atoms with E-state index in [0.29, 0.717) is 5.56 Å². The summed E-state index contributed by atoms with van der Waals surface area (Å²) in [5.74, 6) is -1.08. The van der Waals surface area contributed by atoms with E-state index >= 15 is 0 Å². The highest BCUT2D eigenvalue weighted by molar-refractivity contribution is 7.13. The van der Waals surface area contributed by atoms with Crippen molar-refractivity contribution in [3.63, 3.8) is 0 Å². The fourth-order valence-electron chi connectivity index (χ4n) is 1.88. The van der Waals surface area contributed by atoms with E-state index in [-0.39, 0.29) is 10.6 Å². The predicted octanol–water partition coefficient (Wildman–Crippen LogP) is 4.46. The van der Waals surface area contributed by atoms with Gasteiger partial charge in [0.2, 0.25) is 0 Å². The van der Waals surface area contributed by atoms with E-state index in [4.69, 9.17) is 4.74 Å². The monoisotopic (exact) mass is 319 g/mol. The predicted molar refractivity (Wildman–Crippen MR) is 86.6 cm³/mol. The zero-order valence-corrected chi connectivity index (χ0v) is 13.4. The van der Waals surface area contributed by atoms with Crippen LogP contribution in [0.2, 0.25) is 0 Å². The Morgan fingerprint density at radius 3 is 2.36 bits per heavy atom. The Morgan fingerprint density at radius 2 is 1.82 bits per heavy atom. The van der Waals surface area contributed by atoms with Gasteiger partial charge in [-0.15, -0.1) is 11.3 Å². The summed E-state index contributed by atoms with van der Waals surface area (Å²) in [6.07, 6.45) is -0.675. The third-order valence-electron chi connectivity index (χ3n) is 2.70. The quantitative estimate of drug-likeness (QED) is 0.875. The number of carbonyl (C=O) groups excluding carboxylic acids is 1. The van der Waals surface area contributed by atoms with Crippen molar-refractivity contribution in [2.45, 2.75) is 26.4 Å².